The number of phenolic OH excluding ortho intramolecular Hbond substituents is 1. The number of phenols is 1. The number of carbonyl (C=O) groups is 1. The summed E-state index contributed by atoms with van der Waals surface area (Å²) < 4.78 is 52.9. The summed E-state index contributed by atoms with van der Waals surface area (Å²) in [6.07, 6.45) is -1.53. The van der Waals surface area contributed by atoms with Gasteiger partial charge in [0.05, 0.1) is 37.3 Å². The zero-order valence-corrected chi connectivity index (χ0v) is 29.7. The number of H-pyrrole nitrogens is 1. The molecule has 1 aromatic heterocycles. The highest BCUT2D eigenvalue weighted by atomic mass is 19.4. The maximum absolute atomic E-state index is 13.1. The van der Waals surface area contributed by atoms with Crippen molar-refractivity contribution in [3.63, 3.8) is 0 Å². The van der Waals surface area contributed by atoms with Crippen molar-refractivity contribution in [1.82, 2.24) is 9.97 Å². The van der Waals surface area contributed by atoms with Gasteiger partial charge in [-0.05, 0) is 99.7 Å². The molecule has 1 aliphatic carbocycles. The number of aliphatic hydroxyl groups excluding tert-OH is 2. The molecule has 1 saturated heterocycles. The zero-order chi connectivity index (χ0) is 37.9. The third-order valence-corrected chi connectivity index (χ3v) is 8.78. The SMILES string of the molecule is CC.Cc1cc(Oc2c(C)cc(CC(N)C(=O)C3CCC(OCC4OCCC(O)C4O)CC3)cc2C)ccc1O.O=c1cncc(C(F)(F)F)[nH]1. The molecule has 51 heavy (non-hydrogen) atoms. The molecule has 282 valence electrons. The Kier molecular flexibility index (Phi) is 15.6. The highest BCUT2D eigenvalue weighted by Crippen LogP contribution is 2.33. The number of aromatic hydroxyl groups is 1. The summed E-state index contributed by atoms with van der Waals surface area (Å²) in [5.41, 5.74) is 8.06. The quantitative estimate of drug-likeness (QED) is 0.191. The van der Waals surface area contributed by atoms with E-state index in [1.165, 1.54) is 0 Å². The fourth-order valence-corrected chi connectivity index (χ4v) is 6.06. The van der Waals surface area contributed by atoms with Crippen LogP contribution in [0.15, 0.2) is 47.5 Å². The first-order valence-electron chi connectivity index (χ1n) is 17.2. The molecule has 0 radical (unpaired) electrons. The molecule has 6 N–H and O–H groups in total. The van der Waals surface area contributed by atoms with Crippen molar-refractivity contribution >= 4 is 5.78 Å². The number of aromatic nitrogens is 2. The van der Waals surface area contributed by atoms with E-state index in [9.17, 15) is 38.1 Å². The van der Waals surface area contributed by atoms with E-state index in [1.807, 2.05) is 46.8 Å². The molecule has 0 spiro atoms. The van der Waals surface area contributed by atoms with Crippen molar-refractivity contribution in [3.05, 3.63) is 81.0 Å². The fraction of sp³-hybridized carbons (Fsp3) is 0.541. The van der Waals surface area contributed by atoms with Gasteiger partial charge in [0.2, 0.25) is 0 Å². The van der Waals surface area contributed by atoms with Gasteiger partial charge in [-0.25, -0.2) is 0 Å². The number of halogens is 3. The number of rotatable bonds is 9. The second-order valence-electron chi connectivity index (χ2n) is 12.7. The molecule has 1 aliphatic heterocycles. The molecule has 2 heterocycles. The van der Waals surface area contributed by atoms with Crippen LogP contribution in [0.2, 0.25) is 0 Å². The third-order valence-electron chi connectivity index (χ3n) is 8.78. The molecular weight excluding hydrogens is 671 g/mol. The van der Waals surface area contributed by atoms with Crippen LogP contribution >= 0.6 is 0 Å². The lowest BCUT2D eigenvalue weighted by Crippen LogP contribution is -2.47. The van der Waals surface area contributed by atoms with Crippen LogP contribution in [0.4, 0.5) is 13.2 Å². The van der Waals surface area contributed by atoms with E-state index in [0.717, 1.165) is 59.9 Å². The average molecular weight is 722 g/mol. The minimum atomic E-state index is -4.53. The highest BCUT2D eigenvalue weighted by molar-refractivity contribution is 5.86. The second-order valence-corrected chi connectivity index (χ2v) is 12.7. The van der Waals surface area contributed by atoms with Crippen molar-refractivity contribution in [3.8, 4) is 17.2 Å². The lowest BCUT2D eigenvalue weighted by molar-refractivity contribution is -0.164. The van der Waals surface area contributed by atoms with Gasteiger partial charge in [0.1, 0.15) is 35.2 Å². The number of nitrogens with two attached hydrogens (primary N) is 1. The summed E-state index contributed by atoms with van der Waals surface area (Å²) in [7, 11) is 0. The predicted molar refractivity (Wildman–Crippen MR) is 185 cm³/mol. The topological polar surface area (TPSA) is 177 Å². The molecule has 3 aromatic rings. The van der Waals surface area contributed by atoms with Crippen LogP contribution in [0.5, 0.6) is 17.2 Å². The predicted octanol–water partition coefficient (Wildman–Crippen LogP) is 5.45. The van der Waals surface area contributed by atoms with Gasteiger partial charge >= 0.3 is 6.18 Å². The van der Waals surface area contributed by atoms with Crippen LogP contribution < -0.4 is 16.0 Å². The maximum atomic E-state index is 13.1. The Hall–Kier alpha value is -3.82. The van der Waals surface area contributed by atoms with Crippen molar-refractivity contribution in [2.24, 2.45) is 11.7 Å². The van der Waals surface area contributed by atoms with Gasteiger partial charge in [-0.1, -0.05) is 26.0 Å². The highest BCUT2D eigenvalue weighted by Gasteiger charge is 2.34. The van der Waals surface area contributed by atoms with Gasteiger partial charge in [0.25, 0.3) is 5.56 Å². The van der Waals surface area contributed by atoms with Gasteiger partial charge in [-0.3, -0.25) is 14.6 Å². The van der Waals surface area contributed by atoms with E-state index >= 15 is 0 Å². The number of aryl methyl sites for hydroxylation is 3. The largest absolute Gasteiger partial charge is 0.508 e. The number of nitrogens with zero attached hydrogens (tertiary/aromatic N) is 1. The minimum Gasteiger partial charge on any atom is -0.508 e. The van der Waals surface area contributed by atoms with Gasteiger partial charge in [-0.2, -0.15) is 13.2 Å². The average Bonchev–Trinajstić information content (AvgIpc) is 3.09. The van der Waals surface area contributed by atoms with Gasteiger partial charge in [0.15, 0.2) is 5.78 Å². The lowest BCUT2D eigenvalue weighted by atomic mass is 9.81. The van der Waals surface area contributed by atoms with E-state index in [0.29, 0.717) is 31.4 Å². The summed E-state index contributed by atoms with van der Waals surface area (Å²) in [4.78, 5) is 28.1. The Labute approximate surface area is 296 Å². The normalized spacial score (nSPS) is 22.5. The molecule has 11 nitrogen and oxygen atoms in total. The molecule has 4 unspecified atom stereocenters. The molecular formula is C37H50F3N3O8. The molecule has 2 aliphatic rings. The number of aromatic amines is 1. The molecule has 14 heteroatoms. The Morgan fingerprint density at radius 3 is 2.24 bits per heavy atom. The standard InChI is InChI=1S/C30H41NO7.C5H3F3N2O.C2H6/c1-17-14-23(8-9-25(17)32)38-30-18(2)12-20(13-19(30)3)15-24(31)28(34)21-4-6-22(7-5-21)37-16-27-29(35)26(33)10-11-36-27;6-5(7,8)3-1-9-2-4(11)10-3;1-2/h8-9,12-14,21-22,24,26-27,29,32-33,35H,4-7,10-11,15-16,31H2,1-3H3;1-2H,(H,10,11);1-2H3. The van der Waals surface area contributed by atoms with Crippen molar-refractivity contribution in [1.29, 1.82) is 0 Å². The number of Topliss-reactive ketones (excluding diaryl/α,β-unsaturated/α-hetero) is 1. The van der Waals surface area contributed by atoms with Crippen LogP contribution in [-0.2, 0) is 26.9 Å². The van der Waals surface area contributed by atoms with Crippen LogP contribution in [0.3, 0.4) is 0 Å². The monoisotopic (exact) mass is 721 g/mol. The van der Waals surface area contributed by atoms with Crippen LogP contribution in [-0.4, -0.2) is 74.7 Å². The first kappa shape index (κ1) is 41.6. The Balaban J connectivity index is 0.000000457. The number of nitrogens with one attached hydrogen (secondary N) is 1. The summed E-state index contributed by atoms with van der Waals surface area (Å²) in [5.74, 6) is 1.66. The number of ether oxygens (including phenoxy) is 3. The first-order chi connectivity index (χ1) is 24.1. The summed E-state index contributed by atoms with van der Waals surface area (Å²) in [6.45, 7) is 10.4. The Morgan fingerprint density at radius 1 is 1.02 bits per heavy atom. The van der Waals surface area contributed by atoms with Crippen molar-refractivity contribution < 1.29 is 47.5 Å². The lowest BCUT2D eigenvalue weighted by Gasteiger charge is -2.34. The molecule has 5 rings (SSSR count). The Bertz CT molecular complexity index is 1600. The fourth-order valence-electron chi connectivity index (χ4n) is 6.06. The van der Waals surface area contributed by atoms with Crippen LogP contribution in [0.1, 0.15) is 73.9 Å². The van der Waals surface area contributed by atoms with E-state index in [1.54, 1.807) is 23.2 Å². The molecule has 1 saturated carbocycles. The number of aliphatic hydroxyl groups is 2. The van der Waals surface area contributed by atoms with Crippen LogP contribution in [0.25, 0.3) is 0 Å². The number of hydrogen-bond acceptors (Lipinski definition) is 10. The van der Waals surface area contributed by atoms with E-state index < -0.39 is 41.8 Å². The summed E-state index contributed by atoms with van der Waals surface area (Å²) in [6, 6.07) is 8.62. The molecule has 2 aromatic carbocycles. The summed E-state index contributed by atoms with van der Waals surface area (Å²) >= 11 is 0. The first-order valence-corrected chi connectivity index (χ1v) is 17.2. The van der Waals surface area contributed by atoms with E-state index in [2.05, 4.69) is 4.98 Å². The third kappa shape index (κ3) is 12.1. The van der Waals surface area contributed by atoms with Crippen molar-refractivity contribution in [2.75, 3.05) is 13.2 Å². The number of alkyl halides is 3. The number of ketones is 1. The molecule has 2 fully saturated rings. The van der Waals surface area contributed by atoms with Gasteiger partial charge in [-0.15, -0.1) is 0 Å². The Morgan fingerprint density at radius 2 is 1.67 bits per heavy atom. The molecule has 0 bridgehead atoms. The van der Waals surface area contributed by atoms with Crippen molar-refractivity contribution in [2.45, 2.75) is 110 Å². The zero-order valence-electron chi connectivity index (χ0n) is 29.7. The van der Waals surface area contributed by atoms with Gasteiger partial charge in [0, 0.05) is 12.5 Å². The molecule has 4 atom stereocenters. The number of benzene rings is 2. The second kappa shape index (κ2) is 19.1. The molecule has 0 amide bonds. The van der Waals surface area contributed by atoms with Gasteiger partial charge < -0.3 is 40.2 Å². The summed E-state index contributed by atoms with van der Waals surface area (Å²) in [5, 5.41) is 29.6. The number of carbonyl (C=O) groups excluding carboxylic acids is 1. The maximum Gasteiger partial charge on any atom is 0.432 e. The minimum absolute atomic E-state index is 0.0142. The smallest absolute Gasteiger partial charge is 0.432 e. The van der Waals surface area contributed by atoms with Crippen LogP contribution in [0, 0.1) is 26.7 Å². The van der Waals surface area contributed by atoms with E-state index in [4.69, 9.17) is 19.9 Å². The van der Waals surface area contributed by atoms with E-state index in [-0.39, 0.29) is 30.2 Å². The number of hydrogen-bond donors (Lipinski definition) is 5.